The van der Waals surface area contributed by atoms with Crippen LogP contribution < -0.4 is 10.6 Å². The highest BCUT2D eigenvalue weighted by Crippen LogP contribution is 2.28. The highest BCUT2D eigenvalue weighted by molar-refractivity contribution is 7.99. The molecule has 0 bridgehead atoms. The minimum Gasteiger partial charge on any atom is -0.357 e. The summed E-state index contributed by atoms with van der Waals surface area (Å²) in [5.41, 5.74) is 0. The van der Waals surface area contributed by atoms with E-state index in [0.717, 1.165) is 26.3 Å². The smallest absolute Gasteiger partial charge is 0.357 e. The van der Waals surface area contributed by atoms with E-state index < -0.39 is 18.6 Å². The Morgan fingerprint density at radius 1 is 1.39 bits per heavy atom. The lowest BCUT2D eigenvalue weighted by atomic mass is 10.2. The third-order valence-electron chi connectivity index (χ3n) is 3.62. The summed E-state index contributed by atoms with van der Waals surface area (Å²) in [6, 6.07) is 0.285. The van der Waals surface area contributed by atoms with Crippen LogP contribution in [0.3, 0.4) is 0 Å². The molecule has 1 rings (SSSR count). The summed E-state index contributed by atoms with van der Waals surface area (Å²) in [5, 5.41) is 6.90. The van der Waals surface area contributed by atoms with Crippen molar-refractivity contribution < 1.29 is 18.0 Å². The van der Waals surface area contributed by atoms with Crippen LogP contribution in [0.5, 0.6) is 0 Å². The zero-order chi connectivity index (χ0) is 17.5. The number of carbonyl (C=O) groups excluding carboxylic acids is 1. The van der Waals surface area contributed by atoms with Gasteiger partial charge in [-0.05, 0) is 32.4 Å². The number of thioether (sulfide) groups is 1. The second-order valence-electron chi connectivity index (χ2n) is 5.57. The first-order chi connectivity index (χ1) is 10.7. The number of nitrogens with zero attached hydrogens (tertiary/aromatic N) is 2. The van der Waals surface area contributed by atoms with Gasteiger partial charge in [0.1, 0.15) is 13.1 Å². The number of likely N-dealkylation sites (N-methyl/N-ethyl adjacent to an activating group) is 1. The fourth-order valence-corrected chi connectivity index (χ4v) is 3.22. The van der Waals surface area contributed by atoms with Crippen molar-refractivity contribution >= 4 is 23.6 Å². The molecule has 1 saturated carbocycles. The van der Waals surface area contributed by atoms with Gasteiger partial charge in [-0.3, -0.25) is 4.79 Å². The minimum absolute atomic E-state index is 0.285. The number of aliphatic imine (C=N–C) groups is 1. The maximum atomic E-state index is 12.3. The van der Waals surface area contributed by atoms with Gasteiger partial charge < -0.3 is 15.5 Å². The van der Waals surface area contributed by atoms with E-state index in [1.165, 1.54) is 0 Å². The number of rotatable bonds is 6. The molecule has 0 radical (unpaired) electrons. The Bertz CT molecular complexity index is 417. The predicted octanol–water partition coefficient (Wildman–Crippen LogP) is 1.85. The van der Waals surface area contributed by atoms with Crippen LogP contribution >= 0.6 is 11.8 Å². The van der Waals surface area contributed by atoms with Crippen molar-refractivity contribution in [3.05, 3.63) is 0 Å². The summed E-state index contributed by atoms with van der Waals surface area (Å²) in [6.07, 6.45) is 0.867. The zero-order valence-electron chi connectivity index (χ0n) is 13.7. The molecule has 2 unspecified atom stereocenters. The lowest BCUT2D eigenvalue weighted by Crippen LogP contribution is -2.43. The molecule has 0 aromatic rings. The number of carbonyl (C=O) groups is 1. The molecule has 0 saturated heterocycles. The summed E-state index contributed by atoms with van der Waals surface area (Å²) in [4.78, 5) is 16.5. The molecule has 1 aliphatic carbocycles. The van der Waals surface area contributed by atoms with Gasteiger partial charge >= 0.3 is 6.18 Å². The Hall–Kier alpha value is -1.12. The number of amides is 1. The van der Waals surface area contributed by atoms with Crippen molar-refractivity contribution in [1.82, 2.24) is 15.5 Å². The van der Waals surface area contributed by atoms with Crippen molar-refractivity contribution in [2.24, 2.45) is 4.99 Å². The van der Waals surface area contributed by atoms with Gasteiger partial charge in [0.05, 0.1) is 0 Å². The van der Waals surface area contributed by atoms with E-state index >= 15 is 0 Å². The number of nitrogens with one attached hydrogen (secondary N) is 2. The zero-order valence-corrected chi connectivity index (χ0v) is 14.6. The largest absolute Gasteiger partial charge is 0.406 e. The number of alkyl halides is 3. The fraction of sp³-hybridized carbons (Fsp3) is 0.857. The van der Waals surface area contributed by atoms with E-state index in [0.29, 0.717) is 22.7 Å². The summed E-state index contributed by atoms with van der Waals surface area (Å²) in [7, 11) is 1.13. The van der Waals surface area contributed by atoms with Crippen LogP contribution in [-0.4, -0.2) is 67.2 Å². The Labute approximate surface area is 139 Å². The van der Waals surface area contributed by atoms with E-state index in [1.54, 1.807) is 0 Å². The number of hydrogen-bond donors (Lipinski definition) is 2. The summed E-state index contributed by atoms with van der Waals surface area (Å²) < 4.78 is 36.8. The third-order valence-corrected chi connectivity index (χ3v) is 4.71. The molecule has 0 aliphatic heterocycles. The van der Waals surface area contributed by atoms with Crippen molar-refractivity contribution in [3.63, 3.8) is 0 Å². The predicted molar refractivity (Wildman–Crippen MR) is 87.7 cm³/mol. The van der Waals surface area contributed by atoms with Crippen molar-refractivity contribution in [2.75, 3.05) is 32.9 Å². The van der Waals surface area contributed by atoms with Crippen molar-refractivity contribution in [1.29, 1.82) is 0 Å². The van der Waals surface area contributed by atoms with E-state index in [2.05, 4.69) is 21.9 Å². The average Bonchev–Trinajstić information content (AvgIpc) is 2.90. The molecular formula is C14H25F3N4OS. The Kier molecular flexibility index (Phi) is 8.01. The lowest BCUT2D eigenvalue weighted by molar-refractivity contribution is -0.157. The topological polar surface area (TPSA) is 56.7 Å². The monoisotopic (exact) mass is 354 g/mol. The molecule has 0 aromatic heterocycles. The van der Waals surface area contributed by atoms with E-state index in [-0.39, 0.29) is 12.6 Å². The van der Waals surface area contributed by atoms with Crippen molar-refractivity contribution in [2.45, 2.75) is 43.7 Å². The maximum absolute atomic E-state index is 12.3. The molecule has 134 valence electrons. The molecule has 1 aliphatic rings. The molecular weight excluding hydrogens is 329 g/mol. The standard InChI is InChI=1S/C14H25F3N4OS/c1-4-18-13(20-10-5-6-11(7-10)23-3)19-8-12(22)21(2)9-14(15,16)17/h10-11H,4-9H2,1-3H3,(H2,18,19,20). The van der Waals surface area contributed by atoms with E-state index in [1.807, 2.05) is 18.7 Å². The Balaban J connectivity index is 2.52. The molecule has 1 amide bonds. The van der Waals surface area contributed by atoms with Crippen LogP contribution in [0.1, 0.15) is 26.2 Å². The third kappa shape index (κ3) is 7.81. The van der Waals surface area contributed by atoms with Crippen LogP contribution in [0.25, 0.3) is 0 Å². The first-order valence-electron chi connectivity index (χ1n) is 7.63. The van der Waals surface area contributed by atoms with Gasteiger partial charge in [-0.25, -0.2) is 4.99 Å². The van der Waals surface area contributed by atoms with Gasteiger partial charge in [0.25, 0.3) is 0 Å². The number of guanidine groups is 1. The van der Waals surface area contributed by atoms with Crippen molar-refractivity contribution in [3.8, 4) is 0 Å². The van der Waals surface area contributed by atoms with Crippen LogP contribution in [0.2, 0.25) is 0 Å². The quantitative estimate of drug-likeness (QED) is 0.565. The number of halogens is 3. The molecule has 9 heteroatoms. The van der Waals surface area contributed by atoms with Crippen LogP contribution in [0.15, 0.2) is 4.99 Å². The second kappa shape index (κ2) is 9.24. The normalized spacial score (nSPS) is 22.1. The lowest BCUT2D eigenvalue weighted by Gasteiger charge is -2.19. The minimum atomic E-state index is -4.40. The molecule has 0 spiro atoms. The average molecular weight is 354 g/mol. The Morgan fingerprint density at radius 3 is 2.61 bits per heavy atom. The molecule has 0 aromatic carbocycles. The molecule has 5 nitrogen and oxygen atoms in total. The molecule has 2 atom stereocenters. The molecule has 2 N–H and O–H groups in total. The second-order valence-corrected chi connectivity index (χ2v) is 6.71. The van der Waals surface area contributed by atoms with Crippen LogP contribution in [-0.2, 0) is 4.79 Å². The fourth-order valence-electron chi connectivity index (χ4n) is 2.42. The van der Waals surface area contributed by atoms with Gasteiger partial charge in [0, 0.05) is 24.9 Å². The van der Waals surface area contributed by atoms with Gasteiger partial charge in [0.15, 0.2) is 5.96 Å². The highest BCUT2D eigenvalue weighted by atomic mass is 32.2. The van der Waals surface area contributed by atoms with Gasteiger partial charge in [-0.2, -0.15) is 24.9 Å². The number of hydrogen-bond acceptors (Lipinski definition) is 3. The summed E-state index contributed by atoms with van der Waals surface area (Å²) in [5.74, 6) is -0.180. The van der Waals surface area contributed by atoms with Crippen LogP contribution in [0, 0.1) is 0 Å². The van der Waals surface area contributed by atoms with Crippen LogP contribution in [0.4, 0.5) is 13.2 Å². The summed E-state index contributed by atoms with van der Waals surface area (Å²) >= 11 is 1.84. The van der Waals surface area contributed by atoms with Gasteiger partial charge in [-0.1, -0.05) is 0 Å². The summed E-state index contributed by atoms with van der Waals surface area (Å²) in [6.45, 7) is 0.954. The first kappa shape index (κ1) is 19.9. The molecule has 1 fully saturated rings. The van der Waals surface area contributed by atoms with Gasteiger partial charge in [-0.15, -0.1) is 0 Å². The highest BCUT2D eigenvalue weighted by Gasteiger charge is 2.31. The molecule has 0 heterocycles. The first-order valence-corrected chi connectivity index (χ1v) is 8.92. The maximum Gasteiger partial charge on any atom is 0.406 e. The Morgan fingerprint density at radius 2 is 2.09 bits per heavy atom. The molecule has 23 heavy (non-hydrogen) atoms. The van der Waals surface area contributed by atoms with E-state index in [9.17, 15) is 18.0 Å². The van der Waals surface area contributed by atoms with E-state index in [4.69, 9.17) is 0 Å². The van der Waals surface area contributed by atoms with Gasteiger partial charge in [0.2, 0.25) is 5.91 Å². The SMILES string of the molecule is CCNC(=NCC(=O)N(C)CC(F)(F)F)NC1CCC(SC)C1.